The number of carbonyl (C=O) groups is 3. The highest BCUT2D eigenvalue weighted by Gasteiger charge is 2.60. The van der Waals surface area contributed by atoms with Gasteiger partial charge in [-0.25, -0.2) is 0 Å². The number of fused-ring (bicyclic) bond motifs is 3. The van der Waals surface area contributed by atoms with Gasteiger partial charge >= 0.3 is 0 Å². The number of aliphatic hydroxyl groups is 3. The van der Waals surface area contributed by atoms with Gasteiger partial charge in [0.2, 0.25) is 5.78 Å². The Morgan fingerprint density at radius 2 is 1.88 bits per heavy atom. The first-order chi connectivity index (χ1) is 15.2. The first-order valence-corrected chi connectivity index (χ1v) is 10.0. The van der Waals surface area contributed by atoms with E-state index in [1.807, 2.05) is 0 Å². The Hall–Kier alpha value is -3.85. The topological polar surface area (TPSA) is 171 Å². The van der Waals surface area contributed by atoms with Gasteiger partial charge in [-0.3, -0.25) is 14.4 Å². The summed E-state index contributed by atoms with van der Waals surface area (Å²) in [6.45, 7) is 0. The van der Waals surface area contributed by atoms with E-state index >= 15 is 0 Å². The molecule has 3 aliphatic rings. The Balaban J connectivity index is 1.72. The fourth-order valence-electron chi connectivity index (χ4n) is 5.31. The molecule has 164 valence electrons. The lowest BCUT2D eigenvalue weighted by atomic mass is 9.59. The molecule has 0 aliphatic heterocycles. The van der Waals surface area contributed by atoms with Crippen LogP contribution in [-0.2, 0) is 20.8 Å². The molecule has 0 spiro atoms. The maximum absolute atomic E-state index is 13.4. The van der Waals surface area contributed by atoms with E-state index in [1.165, 1.54) is 18.6 Å². The summed E-state index contributed by atoms with van der Waals surface area (Å²) in [7, 11) is 0. The van der Waals surface area contributed by atoms with E-state index in [0.29, 0.717) is 11.1 Å². The van der Waals surface area contributed by atoms with Crippen LogP contribution in [0.5, 0.6) is 5.75 Å². The summed E-state index contributed by atoms with van der Waals surface area (Å²) in [4.78, 5) is 37.5. The Morgan fingerprint density at radius 3 is 2.53 bits per heavy atom. The van der Waals surface area contributed by atoms with Crippen molar-refractivity contribution in [2.24, 2.45) is 17.6 Å². The molecule has 9 nitrogen and oxygen atoms in total. The highest BCUT2D eigenvalue weighted by molar-refractivity contribution is 6.22. The average molecular weight is 437 g/mol. The molecule has 32 heavy (non-hydrogen) atoms. The number of hydrogen-bond donors (Lipinski definition) is 5. The summed E-state index contributed by atoms with van der Waals surface area (Å²) in [5.41, 5.74) is 3.70. The minimum Gasteiger partial charge on any atom is -0.508 e. The van der Waals surface area contributed by atoms with Gasteiger partial charge in [0.25, 0.3) is 5.91 Å². The quantitative estimate of drug-likeness (QED) is 0.442. The number of aliphatic hydroxyl groups excluding tert-OH is 2. The van der Waals surface area contributed by atoms with E-state index in [1.54, 1.807) is 12.1 Å². The van der Waals surface area contributed by atoms with E-state index in [-0.39, 0.29) is 36.1 Å². The lowest BCUT2D eigenvalue weighted by Crippen LogP contribution is -2.58. The molecule has 3 aliphatic carbocycles. The van der Waals surface area contributed by atoms with Crippen molar-refractivity contribution in [3.63, 3.8) is 0 Å². The van der Waals surface area contributed by atoms with Crippen molar-refractivity contribution >= 4 is 23.2 Å². The summed E-state index contributed by atoms with van der Waals surface area (Å²) >= 11 is 0. The molecule has 9 heteroatoms. The fraction of sp³-hybridized carbons (Fsp3) is 0.261. The van der Waals surface area contributed by atoms with Gasteiger partial charge in [-0.05, 0) is 42.0 Å². The van der Waals surface area contributed by atoms with E-state index in [9.17, 15) is 34.8 Å². The van der Waals surface area contributed by atoms with Crippen LogP contribution in [0, 0.1) is 11.8 Å². The first kappa shape index (κ1) is 20.1. The predicted molar refractivity (Wildman–Crippen MR) is 109 cm³/mol. The van der Waals surface area contributed by atoms with Crippen LogP contribution in [0.4, 0.5) is 0 Å². The van der Waals surface area contributed by atoms with Crippen molar-refractivity contribution in [3.05, 3.63) is 58.8 Å². The van der Waals surface area contributed by atoms with Crippen molar-refractivity contribution in [2.75, 3.05) is 0 Å². The Bertz CT molecular complexity index is 1270. The maximum atomic E-state index is 13.4. The molecular weight excluding hydrogens is 418 g/mol. The number of phenolic OH excluding ortho intramolecular Hbond substituents is 1. The van der Waals surface area contributed by atoms with E-state index in [0.717, 1.165) is 5.56 Å². The second kappa shape index (κ2) is 6.57. The van der Waals surface area contributed by atoms with Gasteiger partial charge in [-0.1, -0.05) is 6.07 Å². The van der Waals surface area contributed by atoms with E-state index in [4.69, 9.17) is 10.2 Å². The monoisotopic (exact) mass is 437 g/mol. The highest BCUT2D eigenvalue weighted by atomic mass is 16.3. The number of primary amides is 1. The highest BCUT2D eigenvalue weighted by Crippen LogP contribution is 2.53. The molecule has 1 aromatic heterocycles. The van der Waals surface area contributed by atoms with Crippen molar-refractivity contribution in [1.82, 2.24) is 0 Å². The molecule has 0 bridgehead atoms. The van der Waals surface area contributed by atoms with Crippen LogP contribution in [0.1, 0.15) is 24.0 Å². The molecule has 1 aromatic carbocycles. The lowest BCUT2D eigenvalue weighted by molar-refractivity contribution is -0.147. The first-order valence-electron chi connectivity index (χ1n) is 10.0. The van der Waals surface area contributed by atoms with Crippen LogP contribution in [-0.4, -0.2) is 43.5 Å². The zero-order valence-corrected chi connectivity index (χ0v) is 16.7. The van der Waals surface area contributed by atoms with Crippen LogP contribution in [0.25, 0.3) is 16.9 Å². The molecule has 1 amide bonds. The second-order valence-corrected chi connectivity index (χ2v) is 8.40. The minimum atomic E-state index is -2.56. The molecule has 5 rings (SSSR count). The molecular formula is C23H19NO8. The number of furan rings is 1. The van der Waals surface area contributed by atoms with Crippen molar-refractivity contribution in [2.45, 2.75) is 24.9 Å². The van der Waals surface area contributed by atoms with Gasteiger partial charge in [-0.2, -0.15) is 0 Å². The lowest BCUT2D eigenvalue weighted by Gasteiger charge is -2.46. The third-order valence-corrected chi connectivity index (χ3v) is 6.78. The van der Waals surface area contributed by atoms with Crippen LogP contribution in [0.15, 0.2) is 52.0 Å². The number of amides is 1. The minimum absolute atomic E-state index is 0.0517. The molecule has 0 saturated heterocycles. The van der Waals surface area contributed by atoms with Crippen molar-refractivity contribution in [3.8, 4) is 16.9 Å². The van der Waals surface area contributed by atoms with Gasteiger partial charge in [0.15, 0.2) is 11.4 Å². The maximum Gasteiger partial charge on any atom is 0.255 e. The second-order valence-electron chi connectivity index (χ2n) is 8.40. The summed E-state index contributed by atoms with van der Waals surface area (Å²) in [6.07, 6.45) is 2.98. The molecule has 1 heterocycles. The number of phenols is 1. The van der Waals surface area contributed by atoms with Crippen molar-refractivity contribution < 1.29 is 39.2 Å². The van der Waals surface area contributed by atoms with E-state index < -0.39 is 52.0 Å². The zero-order chi connectivity index (χ0) is 22.9. The van der Waals surface area contributed by atoms with Gasteiger partial charge in [-0.15, -0.1) is 0 Å². The predicted octanol–water partition coefficient (Wildman–Crippen LogP) is 1.68. The number of ketones is 2. The third kappa shape index (κ3) is 2.45. The Morgan fingerprint density at radius 1 is 1.12 bits per heavy atom. The van der Waals surface area contributed by atoms with Gasteiger partial charge in [0.05, 0.1) is 18.1 Å². The zero-order valence-electron chi connectivity index (χ0n) is 16.7. The van der Waals surface area contributed by atoms with Gasteiger partial charge in [0, 0.05) is 23.5 Å². The summed E-state index contributed by atoms with van der Waals surface area (Å²) < 4.78 is 5.15. The van der Waals surface area contributed by atoms with Crippen molar-refractivity contribution in [1.29, 1.82) is 0 Å². The van der Waals surface area contributed by atoms with Gasteiger partial charge in [0.1, 0.15) is 22.8 Å². The van der Waals surface area contributed by atoms with Crippen LogP contribution < -0.4 is 5.73 Å². The molecule has 1 fully saturated rings. The summed E-state index contributed by atoms with van der Waals surface area (Å²) in [5.74, 6) is -6.44. The standard InChI is InChI=1S/C23H19NO8/c24-22(30)18-15(26)7-11-5-10-6-13-12(9-3-4-32-8-9)1-2-14(25)17(13)19(27)16(10)20(28)23(11,31)21(18)29/h1-4,8,10-11,25,27,29,31H,5-7H2,(H2,24,30). The van der Waals surface area contributed by atoms with Crippen LogP contribution in [0.2, 0.25) is 0 Å². The van der Waals surface area contributed by atoms with Gasteiger partial charge < -0.3 is 30.6 Å². The number of aromatic hydroxyl groups is 1. The number of carbonyl (C=O) groups excluding carboxylic acids is 3. The third-order valence-electron chi connectivity index (χ3n) is 6.78. The fourth-order valence-corrected chi connectivity index (χ4v) is 5.31. The smallest absolute Gasteiger partial charge is 0.255 e. The van der Waals surface area contributed by atoms with Crippen LogP contribution in [0.3, 0.4) is 0 Å². The Labute approximate surface area is 181 Å². The van der Waals surface area contributed by atoms with E-state index in [2.05, 4.69) is 0 Å². The molecule has 2 aromatic rings. The molecule has 3 atom stereocenters. The number of benzene rings is 1. The molecule has 3 unspecified atom stereocenters. The molecule has 0 radical (unpaired) electrons. The number of Topliss-reactive ketones (excluding diaryl/α,β-unsaturated/α-hetero) is 2. The molecule has 6 N–H and O–H groups in total. The summed E-state index contributed by atoms with van der Waals surface area (Å²) in [5, 5.41) is 43.3. The normalized spacial score (nSPS) is 27.2. The number of nitrogens with two attached hydrogens (primary N) is 1. The number of rotatable bonds is 2. The molecule has 1 saturated carbocycles. The largest absolute Gasteiger partial charge is 0.508 e. The number of hydrogen-bond acceptors (Lipinski definition) is 8. The van der Waals surface area contributed by atoms with Crippen LogP contribution >= 0.6 is 0 Å². The average Bonchev–Trinajstić information content (AvgIpc) is 3.25. The Kier molecular flexibility index (Phi) is 4.12. The SMILES string of the molecule is NC(=O)C1=C(O)C2(O)C(=O)C3=C(O)c4c(O)ccc(-c5ccoc5)c4CC3CC2CC1=O. The summed E-state index contributed by atoms with van der Waals surface area (Å²) in [6, 6.07) is 4.78.